The number of carbonyl (C=O) groups is 1. The van der Waals surface area contributed by atoms with Crippen molar-refractivity contribution in [2.75, 3.05) is 39.7 Å². The van der Waals surface area contributed by atoms with Crippen molar-refractivity contribution < 1.29 is 9.53 Å². The second kappa shape index (κ2) is 7.37. The fraction of sp³-hybridized carbons (Fsp3) is 0.474. The van der Waals surface area contributed by atoms with Crippen molar-refractivity contribution in [1.82, 2.24) is 15.2 Å². The Bertz CT molecular complexity index is 762. The van der Waals surface area contributed by atoms with Gasteiger partial charge in [-0.1, -0.05) is 18.2 Å². The van der Waals surface area contributed by atoms with Gasteiger partial charge < -0.3 is 15.0 Å². The lowest BCUT2D eigenvalue weighted by Crippen LogP contribution is -2.41. The number of hydrogen-bond acceptors (Lipinski definition) is 5. The first-order valence-corrected chi connectivity index (χ1v) is 8.56. The summed E-state index contributed by atoms with van der Waals surface area (Å²) in [6.45, 7) is 1.28. The van der Waals surface area contributed by atoms with Crippen LogP contribution in [0.1, 0.15) is 12.0 Å². The van der Waals surface area contributed by atoms with E-state index in [2.05, 4.69) is 15.2 Å². The minimum atomic E-state index is -0.133. The van der Waals surface area contributed by atoms with Crippen molar-refractivity contribution in [3.05, 3.63) is 35.9 Å². The number of hydrogen-bond donors (Lipinski definition) is 1. The Hall–Kier alpha value is -2.18. The highest BCUT2D eigenvalue weighted by Gasteiger charge is 2.34. The number of pyridine rings is 1. The third-order valence-electron chi connectivity index (χ3n) is 4.85. The van der Waals surface area contributed by atoms with Crippen molar-refractivity contribution in [3.63, 3.8) is 0 Å². The number of rotatable bonds is 5. The molecule has 6 heteroatoms. The van der Waals surface area contributed by atoms with Gasteiger partial charge in [-0.25, -0.2) is 4.98 Å². The molecule has 1 saturated heterocycles. The normalized spacial score (nSPS) is 20.8. The standard InChI is InChI=1S/C19H26N4O2/c1-22(2)18-9-13(15-7-5-6-8-16(15)21-18)11-20-19(24)17-10-14(25-4)12-23(17)3/h5-9,14,17H,10-12H2,1-4H3,(H,20,24)/t14-,17-/m0/s1. The summed E-state index contributed by atoms with van der Waals surface area (Å²) < 4.78 is 5.39. The van der Waals surface area contributed by atoms with Crippen molar-refractivity contribution in [2.45, 2.75) is 25.1 Å². The Morgan fingerprint density at radius 3 is 2.84 bits per heavy atom. The molecule has 1 fully saturated rings. The topological polar surface area (TPSA) is 57.7 Å². The number of para-hydroxylation sites is 1. The zero-order valence-corrected chi connectivity index (χ0v) is 15.3. The van der Waals surface area contributed by atoms with Crippen molar-refractivity contribution in [1.29, 1.82) is 0 Å². The Labute approximate surface area is 148 Å². The Morgan fingerprint density at radius 2 is 2.16 bits per heavy atom. The Morgan fingerprint density at radius 1 is 1.40 bits per heavy atom. The molecule has 3 rings (SSSR count). The number of amides is 1. The molecule has 1 aromatic carbocycles. The first-order chi connectivity index (χ1) is 12.0. The number of aromatic nitrogens is 1. The third kappa shape index (κ3) is 3.75. The third-order valence-corrected chi connectivity index (χ3v) is 4.85. The van der Waals surface area contributed by atoms with Gasteiger partial charge in [0, 0.05) is 39.7 Å². The van der Waals surface area contributed by atoms with Gasteiger partial charge in [0.1, 0.15) is 5.82 Å². The molecule has 0 spiro atoms. The number of nitrogens with zero attached hydrogens (tertiary/aromatic N) is 3. The lowest BCUT2D eigenvalue weighted by atomic mass is 10.1. The molecule has 1 amide bonds. The maximum Gasteiger partial charge on any atom is 0.237 e. The Balaban J connectivity index is 1.77. The van der Waals surface area contributed by atoms with Gasteiger partial charge in [0.25, 0.3) is 0 Å². The molecule has 0 bridgehead atoms. The van der Waals surface area contributed by atoms with E-state index in [1.165, 1.54) is 0 Å². The van der Waals surface area contributed by atoms with Crippen molar-refractivity contribution in [2.24, 2.45) is 0 Å². The predicted octanol–water partition coefficient (Wildman–Crippen LogP) is 1.64. The van der Waals surface area contributed by atoms with Crippen LogP contribution in [0.4, 0.5) is 5.82 Å². The highest BCUT2D eigenvalue weighted by atomic mass is 16.5. The van der Waals surface area contributed by atoms with Crippen LogP contribution in [-0.4, -0.2) is 62.7 Å². The first-order valence-electron chi connectivity index (χ1n) is 8.56. The SMILES string of the molecule is CO[C@H]1C[C@@H](C(=O)NCc2cc(N(C)C)nc3ccccc23)N(C)C1. The molecule has 1 aliphatic heterocycles. The fourth-order valence-electron chi connectivity index (χ4n) is 3.34. The fourth-order valence-corrected chi connectivity index (χ4v) is 3.34. The van der Waals surface area contributed by atoms with Crippen LogP contribution < -0.4 is 10.2 Å². The number of benzene rings is 1. The van der Waals surface area contributed by atoms with Crippen LogP contribution in [0.5, 0.6) is 0 Å². The van der Waals surface area contributed by atoms with Gasteiger partial charge in [-0.3, -0.25) is 9.69 Å². The average molecular weight is 342 g/mol. The minimum absolute atomic E-state index is 0.0503. The van der Waals surface area contributed by atoms with E-state index >= 15 is 0 Å². The van der Waals surface area contributed by atoms with E-state index in [9.17, 15) is 4.79 Å². The summed E-state index contributed by atoms with van der Waals surface area (Å²) in [4.78, 5) is 21.3. The van der Waals surface area contributed by atoms with E-state index in [4.69, 9.17) is 4.74 Å². The van der Waals surface area contributed by atoms with Crippen LogP contribution in [0.2, 0.25) is 0 Å². The van der Waals surface area contributed by atoms with E-state index in [1.807, 2.05) is 56.4 Å². The number of anilines is 1. The quantitative estimate of drug-likeness (QED) is 0.895. The smallest absolute Gasteiger partial charge is 0.237 e. The van der Waals surface area contributed by atoms with Crippen LogP contribution in [0.3, 0.4) is 0 Å². The van der Waals surface area contributed by atoms with Gasteiger partial charge in [0.2, 0.25) is 5.91 Å². The molecule has 0 aliphatic carbocycles. The van der Waals surface area contributed by atoms with E-state index < -0.39 is 0 Å². The summed E-state index contributed by atoms with van der Waals surface area (Å²) in [6, 6.07) is 9.94. The van der Waals surface area contributed by atoms with Gasteiger partial charge in [-0.05, 0) is 31.2 Å². The number of fused-ring (bicyclic) bond motifs is 1. The molecule has 0 radical (unpaired) electrons. The molecule has 25 heavy (non-hydrogen) atoms. The van der Waals surface area contributed by atoms with E-state index in [1.54, 1.807) is 7.11 Å². The maximum absolute atomic E-state index is 12.6. The molecular weight excluding hydrogens is 316 g/mol. The summed E-state index contributed by atoms with van der Waals surface area (Å²) in [5.74, 6) is 0.940. The number of methoxy groups -OCH3 is 1. The summed E-state index contributed by atoms with van der Waals surface area (Å²) in [6.07, 6.45) is 0.863. The van der Waals surface area contributed by atoms with Crippen LogP contribution in [0, 0.1) is 0 Å². The monoisotopic (exact) mass is 342 g/mol. The van der Waals surface area contributed by atoms with Gasteiger partial charge in [0.05, 0.1) is 17.7 Å². The molecule has 0 saturated carbocycles. The zero-order chi connectivity index (χ0) is 18.0. The molecule has 6 nitrogen and oxygen atoms in total. The van der Waals surface area contributed by atoms with Crippen LogP contribution in [0.15, 0.2) is 30.3 Å². The lowest BCUT2D eigenvalue weighted by Gasteiger charge is -2.19. The summed E-state index contributed by atoms with van der Waals surface area (Å²) in [5, 5.41) is 4.16. The first kappa shape index (κ1) is 17.6. The highest BCUT2D eigenvalue weighted by Crippen LogP contribution is 2.23. The molecule has 1 aliphatic rings. The van der Waals surface area contributed by atoms with Gasteiger partial charge in [0.15, 0.2) is 0 Å². The number of nitrogens with one attached hydrogen (secondary N) is 1. The van der Waals surface area contributed by atoms with E-state index in [0.717, 1.165) is 35.2 Å². The van der Waals surface area contributed by atoms with E-state index in [0.29, 0.717) is 6.54 Å². The average Bonchev–Trinajstić information content (AvgIpc) is 3.00. The van der Waals surface area contributed by atoms with Gasteiger partial charge in [-0.15, -0.1) is 0 Å². The number of likely N-dealkylation sites (N-methyl/N-ethyl adjacent to an activating group) is 1. The molecule has 1 N–H and O–H groups in total. The second-order valence-corrected chi connectivity index (χ2v) is 6.82. The molecular formula is C19H26N4O2. The Kier molecular flexibility index (Phi) is 5.20. The van der Waals surface area contributed by atoms with Crippen LogP contribution in [-0.2, 0) is 16.1 Å². The summed E-state index contributed by atoms with van der Waals surface area (Å²) >= 11 is 0. The highest BCUT2D eigenvalue weighted by molar-refractivity contribution is 5.86. The summed E-state index contributed by atoms with van der Waals surface area (Å²) in [7, 11) is 7.61. The second-order valence-electron chi connectivity index (χ2n) is 6.82. The van der Waals surface area contributed by atoms with Crippen LogP contribution >= 0.6 is 0 Å². The lowest BCUT2D eigenvalue weighted by molar-refractivity contribution is -0.125. The number of carbonyl (C=O) groups excluding carboxylic acids is 1. The molecule has 2 aromatic rings. The minimum Gasteiger partial charge on any atom is -0.380 e. The molecule has 2 atom stereocenters. The molecule has 1 aromatic heterocycles. The van der Waals surface area contributed by atoms with Crippen molar-refractivity contribution in [3.8, 4) is 0 Å². The van der Waals surface area contributed by atoms with Crippen LogP contribution in [0.25, 0.3) is 10.9 Å². The summed E-state index contributed by atoms with van der Waals surface area (Å²) in [5.41, 5.74) is 2.02. The number of ether oxygens (including phenoxy) is 1. The number of likely N-dealkylation sites (tertiary alicyclic amines) is 1. The predicted molar refractivity (Wildman–Crippen MR) is 99.7 cm³/mol. The maximum atomic E-state index is 12.6. The largest absolute Gasteiger partial charge is 0.380 e. The zero-order valence-electron chi connectivity index (χ0n) is 15.3. The van der Waals surface area contributed by atoms with E-state index in [-0.39, 0.29) is 18.1 Å². The van der Waals surface area contributed by atoms with Crippen molar-refractivity contribution >= 4 is 22.6 Å². The van der Waals surface area contributed by atoms with Gasteiger partial charge in [-0.2, -0.15) is 0 Å². The molecule has 0 unspecified atom stereocenters. The molecule has 134 valence electrons. The molecule has 2 heterocycles. The van der Waals surface area contributed by atoms with Gasteiger partial charge >= 0.3 is 0 Å².